The number of carbonyl (C=O) groups is 3. The van der Waals surface area contributed by atoms with Gasteiger partial charge in [0.25, 0.3) is 0 Å². The second-order valence-corrected chi connectivity index (χ2v) is 9.56. The first-order chi connectivity index (χ1) is 17.1. The zero-order valence-electron chi connectivity index (χ0n) is 21.7. The van der Waals surface area contributed by atoms with Crippen molar-refractivity contribution >= 4 is 18.0 Å². The predicted octanol–water partition coefficient (Wildman–Crippen LogP) is 4.47. The Labute approximate surface area is 213 Å². The van der Waals surface area contributed by atoms with Crippen LogP contribution in [-0.2, 0) is 37.0 Å². The van der Waals surface area contributed by atoms with Crippen molar-refractivity contribution in [1.29, 1.82) is 0 Å². The van der Waals surface area contributed by atoms with Crippen molar-refractivity contribution in [2.75, 3.05) is 19.6 Å². The summed E-state index contributed by atoms with van der Waals surface area (Å²) in [6.07, 6.45) is -0.204. The van der Waals surface area contributed by atoms with Gasteiger partial charge in [-0.3, -0.25) is 14.5 Å². The van der Waals surface area contributed by atoms with E-state index in [2.05, 4.69) is 5.32 Å². The van der Waals surface area contributed by atoms with E-state index in [9.17, 15) is 14.4 Å². The average molecular weight is 499 g/mol. The van der Waals surface area contributed by atoms with Crippen LogP contribution in [-0.4, -0.2) is 54.2 Å². The Balaban J connectivity index is 1.86. The summed E-state index contributed by atoms with van der Waals surface area (Å²) in [6, 6.07) is 18.8. The Morgan fingerprint density at radius 1 is 0.806 bits per heavy atom. The molecular weight excluding hydrogens is 460 g/mol. The molecule has 196 valence electrons. The number of nitrogens with zero attached hydrogens (tertiary/aromatic N) is 1. The van der Waals surface area contributed by atoms with E-state index in [0.29, 0.717) is 19.6 Å². The lowest BCUT2D eigenvalue weighted by atomic mass is 10.2. The molecule has 2 aromatic rings. The number of carbonyl (C=O) groups excluding carboxylic acids is 3. The number of rotatable bonds is 13. The first kappa shape index (κ1) is 28.8. The van der Waals surface area contributed by atoms with Crippen LogP contribution < -0.4 is 5.32 Å². The van der Waals surface area contributed by atoms with Gasteiger partial charge in [-0.15, -0.1) is 0 Å². The number of alkyl carbamates (subject to hydrolysis) is 1. The monoisotopic (exact) mass is 498 g/mol. The Bertz CT molecular complexity index is 884. The molecule has 8 heteroatoms. The zero-order chi connectivity index (χ0) is 26.4. The highest BCUT2D eigenvalue weighted by Crippen LogP contribution is 2.09. The van der Waals surface area contributed by atoms with Crippen LogP contribution in [0.2, 0.25) is 0 Å². The van der Waals surface area contributed by atoms with Crippen molar-refractivity contribution in [3.63, 3.8) is 0 Å². The molecule has 1 atom stereocenters. The topological polar surface area (TPSA) is 94.2 Å². The van der Waals surface area contributed by atoms with Gasteiger partial charge in [-0.25, -0.2) is 4.79 Å². The van der Waals surface area contributed by atoms with Gasteiger partial charge in [0, 0.05) is 25.7 Å². The van der Waals surface area contributed by atoms with Gasteiger partial charge in [-0.2, -0.15) is 0 Å². The van der Waals surface area contributed by atoms with Crippen molar-refractivity contribution in [1.82, 2.24) is 10.2 Å². The Hall–Kier alpha value is -3.39. The van der Waals surface area contributed by atoms with E-state index in [0.717, 1.165) is 11.1 Å². The highest BCUT2D eigenvalue weighted by molar-refractivity contribution is 5.70. The lowest BCUT2D eigenvalue weighted by Crippen LogP contribution is -2.45. The molecule has 0 radical (unpaired) electrons. The average Bonchev–Trinajstić information content (AvgIpc) is 2.85. The van der Waals surface area contributed by atoms with E-state index in [4.69, 9.17) is 14.2 Å². The van der Waals surface area contributed by atoms with E-state index in [1.54, 1.807) is 20.8 Å². The Morgan fingerprint density at radius 3 is 1.67 bits per heavy atom. The van der Waals surface area contributed by atoms with Crippen molar-refractivity contribution in [2.24, 2.45) is 0 Å². The number of amides is 1. The van der Waals surface area contributed by atoms with E-state index >= 15 is 0 Å². The van der Waals surface area contributed by atoms with Gasteiger partial charge >= 0.3 is 18.0 Å². The van der Waals surface area contributed by atoms with Gasteiger partial charge in [0.2, 0.25) is 0 Å². The molecule has 0 aliphatic heterocycles. The smallest absolute Gasteiger partial charge is 0.407 e. The highest BCUT2D eigenvalue weighted by atomic mass is 16.6. The normalized spacial score (nSPS) is 12.0. The summed E-state index contributed by atoms with van der Waals surface area (Å²) in [5.74, 6) is -0.661. The molecular formula is C28H38N2O6. The SMILES string of the molecule is CC(CNC(=O)OC(C)(C)C)N(CCC(=O)OCc1ccccc1)CCC(=O)OCc1ccccc1. The van der Waals surface area contributed by atoms with E-state index in [-0.39, 0.29) is 44.0 Å². The molecule has 0 fully saturated rings. The summed E-state index contributed by atoms with van der Waals surface area (Å²) in [6.45, 7) is 8.77. The third-order valence-electron chi connectivity index (χ3n) is 5.26. The van der Waals surface area contributed by atoms with Crippen molar-refractivity contribution in [2.45, 2.75) is 65.4 Å². The molecule has 2 aromatic carbocycles. The fraction of sp³-hybridized carbons (Fsp3) is 0.464. The summed E-state index contributed by atoms with van der Waals surface area (Å²) in [7, 11) is 0. The molecule has 0 saturated carbocycles. The molecule has 1 amide bonds. The second-order valence-electron chi connectivity index (χ2n) is 9.56. The van der Waals surface area contributed by atoms with Crippen molar-refractivity contribution in [3.05, 3.63) is 71.8 Å². The minimum Gasteiger partial charge on any atom is -0.461 e. The van der Waals surface area contributed by atoms with Crippen LogP contribution in [0.1, 0.15) is 51.7 Å². The number of hydrogen-bond donors (Lipinski definition) is 1. The molecule has 8 nitrogen and oxygen atoms in total. The van der Waals surface area contributed by atoms with E-state index in [1.165, 1.54) is 0 Å². The van der Waals surface area contributed by atoms with Crippen LogP contribution >= 0.6 is 0 Å². The molecule has 1 unspecified atom stereocenters. The first-order valence-electron chi connectivity index (χ1n) is 12.2. The standard InChI is InChI=1S/C28H38N2O6/c1-22(19-29-27(33)36-28(2,3)4)30(17-15-25(31)34-20-23-11-7-5-8-12-23)18-16-26(32)35-21-24-13-9-6-10-14-24/h5-14,22H,15-21H2,1-4H3,(H,29,33). The van der Waals surface area contributed by atoms with Gasteiger partial charge in [0.05, 0.1) is 12.8 Å². The largest absolute Gasteiger partial charge is 0.461 e. The number of esters is 2. The van der Waals surface area contributed by atoms with Crippen LogP contribution in [0.5, 0.6) is 0 Å². The minimum atomic E-state index is -0.599. The summed E-state index contributed by atoms with van der Waals surface area (Å²) in [5, 5.41) is 2.75. The number of nitrogens with one attached hydrogen (secondary N) is 1. The van der Waals surface area contributed by atoms with Gasteiger partial charge < -0.3 is 19.5 Å². The molecule has 2 rings (SSSR count). The molecule has 0 spiro atoms. The molecule has 0 saturated heterocycles. The summed E-state index contributed by atoms with van der Waals surface area (Å²) in [5.41, 5.74) is 1.23. The Morgan fingerprint density at radius 2 is 1.25 bits per heavy atom. The van der Waals surface area contributed by atoms with Gasteiger partial charge in [0.15, 0.2) is 0 Å². The van der Waals surface area contributed by atoms with Gasteiger partial charge in [-0.1, -0.05) is 60.7 Å². The molecule has 36 heavy (non-hydrogen) atoms. The number of benzene rings is 2. The molecule has 0 aliphatic rings. The third kappa shape index (κ3) is 12.4. The van der Waals surface area contributed by atoms with Crippen molar-refractivity contribution < 1.29 is 28.6 Å². The first-order valence-corrected chi connectivity index (χ1v) is 12.2. The van der Waals surface area contributed by atoms with Gasteiger partial charge in [-0.05, 0) is 38.8 Å². The van der Waals surface area contributed by atoms with Gasteiger partial charge in [0.1, 0.15) is 18.8 Å². The van der Waals surface area contributed by atoms with Crippen LogP contribution in [0.15, 0.2) is 60.7 Å². The Kier molecular flexibility index (Phi) is 11.9. The van der Waals surface area contributed by atoms with Crippen LogP contribution in [0.3, 0.4) is 0 Å². The summed E-state index contributed by atoms with van der Waals surface area (Å²) >= 11 is 0. The minimum absolute atomic E-state index is 0.152. The predicted molar refractivity (Wildman–Crippen MR) is 137 cm³/mol. The van der Waals surface area contributed by atoms with Crippen molar-refractivity contribution in [3.8, 4) is 0 Å². The lowest BCUT2D eigenvalue weighted by molar-refractivity contribution is -0.145. The number of hydrogen-bond acceptors (Lipinski definition) is 7. The molecule has 1 N–H and O–H groups in total. The zero-order valence-corrected chi connectivity index (χ0v) is 21.7. The number of ether oxygens (including phenoxy) is 3. The maximum Gasteiger partial charge on any atom is 0.407 e. The molecule has 0 aromatic heterocycles. The third-order valence-corrected chi connectivity index (χ3v) is 5.26. The molecule has 0 bridgehead atoms. The lowest BCUT2D eigenvalue weighted by Gasteiger charge is -2.29. The van der Waals surface area contributed by atoms with Crippen LogP contribution in [0.4, 0.5) is 4.79 Å². The second kappa shape index (κ2) is 14.9. The van der Waals surface area contributed by atoms with E-state index in [1.807, 2.05) is 72.5 Å². The molecule has 0 aliphatic carbocycles. The highest BCUT2D eigenvalue weighted by Gasteiger charge is 2.21. The van der Waals surface area contributed by atoms with E-state index < -0.39 is 11.7 Å². The maximum atomic E-state index is 12.3. The maximum absolute atomic E-state index is 12.3. The quantitative estimate of drug-likeness (QED) is 0.322. The van der Waals surface area contributed by atoms with Crippen LogP contribution in [0.25, 0.3) is 0 Å². The van der Waals surface area contributed by atoms with Crippen LogP contribution in [0, 0.1) is 0 Å². The fourth-order valence-corrected chi connectivity index (χ4v) is 3.32. The summed E-state index contributed by atoms with van der Waals surface area (Å²) < 4.78 is 16.1. The molecule has 0 heterocycles. The fourth-order valence-electron chi connectivity index (χ4n) is 3.32. The summed E-state index contributed by atoms with van der Waals surface area (Å²) in [4.78, 5) is 38.7.